The molecule has 6 nitrogen and oxygen atoms in total. The first-order valence-corrected chi connectivity index (χ1v) is 8.96. The highest BCUT2D eigenvalue weighted by Crippen LogP contribution is 2.15. The lowest BCUT2D eigenvalue weighted by Crippen LogP contribution is -2.49. The Morgan fingerprint density at radius 3 is 2.40 bits per heavy atom. The van der Waals surface area contributed by atoms with E-state index in [-0.39, 0.29) is 23.7 Å². The Kier molecular flexibility index (Phi) is 6.91. The van der Waals surface area contributed by atoms with Gasteiger partial charge in [0, 0.05) is 25.2 Å². The third-order valence-electron chi connectivity index (χ3n) is 3.35. The van der Waals surface area contributed by atoms with Gasteiger partial charge in [-0.2, -0.15) is 0 Å². The summed E-state index contributed by atoms with van der Waals surface area (Å²) in [5.41, 5.74) is 0. The maximum atomic E-state index is 11.9. The average Bonchev–Trinajstić information content (AvgIpc) is 2.37. The second-order valence-electron chi connectivity index (χ2n) is 5.59. The fourth-order valence-electron chi connectivity index (χ4n) is 2.24. The summed E-state index contributed by atoms with van der Waals surface area (Å²) in [6.07, 6.45) is 2.02. The van der Waals surface area contributed by atoms with Crippen LogP contribution in [-0.2, 0) is 14.8 Å². The molecule has 1 aliphatic rings. The molecule has 0 aromatic rings. The van der Waals surface area contributed by atoms with Crippen LogP contribution in [0.2, 0.25) is 0 Å². The van der Waals surface area contributed by atoms with Crippen molar-refractivity contribution in [3.05, 3.63) is 0 Å². The predicted molar refractivity (Wildman–Crippen MR) is 80.0 cm³/mol. The van der Waals surface area contributed by atoms with Crippen molar-refractivity contribution < 1.29 is 13.2 Å². The summed E-state index contributed by atoms with van der Waals surface area (Å²) in [6.45, 7) is 7.17. The number of piperidine rings is 1. The van der Waals surface area contributed by atoms with Gasteiger partial charge in [0.05, 0.1) is 12.3 Å². The van der Waals surface area contributed by atoms with E-state index in [4.69, 9.17) is 0 Å². The molecule has 20 heavy (non-hydrogen) atoms. The van der Waals surface area contributed by atoms with E-state index in [1.807, 2.05) is 20.8 Å². The van der Waals surface area contributed by atoms with E-state index in [9.17, 15) is 13.2 Å². The third-order valence-corrected chi connectivity index (χ3v) is 5.42. The van der Waals surface area contributed by atoms with Crippen molar-refractivity contribution in [3.8, 4) is 0 Å². The molecule has 0 unspecified atom stereocenters. The number of carbonyl (C=O) groups excluding carboxylic acids is 1. The molecule has 1 heterocycles. The highest BCUT2D eigenvalue weighted by molar-refractivity contribution is 7.89. The number of rotatable bonds is 7. The third kappa shape index (κ3) is 5.76. The van der Waals surface area contributed by atoms with Crippen molar-refractivity contribution in [1.82, 2.24) is 14.9 Å². The maximum absolute atomic E-state index is 11.9. The quantitative estimate of drug-likeness (QED) is 0.709. The van der Waals surface area contributed by atoms with Crippen molar-refractivity contribution in [2.75, 3.05) is 25.4 Å². The van der Waals surface area contributed by atoms with Gasteiger partial charge in [-0.15, -0.1) is 0 Å². The molecule has 7 heteroatoms. The number of carbonyl (C=O) groups is 1. The van der Waals surface area contributed by atoms with Crippen molar-refractivity contribution >= 4 is 15.9 Å². The Morgan fingerprint density at radius 2 is 1.90 bits per heavy atom. The maximum Gasteiger partial charge on any atom is 0.234 e. The van der Waals surface area contributed by atoms with E-state index in [1.54, 1.807) is 4.31 Å². The lowest BCUT2D eigenvalue weighted by molar-refractivity contribution is -0.121. The van der Waals surface area contributed by atoms with Gasteiger partial charge in [0.1, 0.15) is 0 Å². The van der Waals surface area contributed by atoms with E-state index in [0.29, 0.717) is 38.9 Å². The zero-order valence-corrected chi connectivity index (χ0v) is 13.5. The van der Waals surface area contributed by atoms with Gasteiger partial charge in [-0.25, -0.2) is 12.7 Å². The second-order valence-corrected chi connectivity index (χ2v) is 7.68. The lowest BCUT2D eigenvalue weighted by Gasteiger charge is -2.31. The molecule has 1 rings (SSSR count). The summed E-state index contributed by atoms with van der Waals surface area (Å²) in [5.74, 6) is 0.191. The van der Waals surface area contributed by atoms with Crippen LogP contribution >= 0.6 is 0 Å². The molecule has 2 N–H and O–H groups in total. The molecule has 0 spiro atoms. The van der Waals surface area contributed by atoms with Gasteiger partial charge < -0.3 is 10.6 Å². The first kappa shape index (κ1) is 17.4. The highest BCUT2D eigenvalue weighted by Gasteiger charge is 2.27. The minimum Gasteiger partial charge on any atom is -0.352 e. The monoisotopic (exact) mass is 305 g/mol. The average molecular weight is 305 g/mol. The number of sulfonamides is 1. The largest absolute Gasteiger partial charge is 0.352 e. The Labute approximate surface area is 122 Å². The Hall–Kier alpha value is -0.660. The first-order valence-electron chi connectivity index (χ1n) is 7.35. The molecule has 0 aromatic heterocycles. The second kappa shape index (κ2) is 7.95. The van der Waals surface area contributed by atoms with Crippen molar-refractivity contribution in [2.45, 2.75) is 52.1 Å². The van der Waals surface area contributed by atoms with Crippen LogP contribution in [-0.4, -0.2) is 56.1 Å². The molecule has 1 amide bonds. The van der Waals surface area contributed by atoms with Gasteiger partial charge in [0.15, 0.2) is 0 Å². The first-order chi connectivity index (χ1) is 9.35. The van der Waals surface area contributed by atoms with Crippen LogP contribution < -0.4 is 10.6 Å². The molecular weight excluding hydrogens is 278 g/mol. The number of hydrogen-bond acceptors (Lipinski definition) is 4. The molecule has 0 aliphatic carbocycles. The van der Waals surface area contributed by atoms with Crippen LogP contribution in [0.5, 0.6) is 0 Å². The van der Waals surface area contributed by atoms with Crippen LogP contribution in [0.25, 0.3) is 0 Å². The minimum atomic E-state index is -3.10. The van der Waals surface area contributed by atoms with Crippen LogP contribution in [0.4, 0.5) is 0 Å². The molecule has 0 aromatic carbocycles. The summed E-state index contributed by atoms with van der Waals surface area (Å²) in [7, 11) is -3.10. The zero-order chi connectivity index (χ0) is 15.2. The summed E-state index contributed by atoms with van der Waals surface area (Å²) in [4.78, 5) is 11.7. The molecule has 0 bridgehead atoms. The number of nitrogens with zero attached hydrogens (tertiary/aromatic N) is 1. The van der Waals surface area contributed by atoms with Gasteiger partial charge in [0.25, 0.3) is 0 Å². The lowest BCUT2D eigenvalue weighted by atomic mass is 10.1. The normalized spacial score (nSPS) is 18.4. The molecule has 0 radical (unpaired) electrons. The van der Waals surface area contributed by atoms with Crippen LogP contribution in [0, 0.1) is 0 Å². The van der Waals surface area contributed by atoms with Gasteiger partial charge >= 0.3 is 0 Å². The fourth-order valence-corrected chi connectivity index (χ4v) is 3.78. The SMILES string of the molecule is CCCS(=O)(=O)N1CCC(NC(=O)CNC(C)C)CC1. The van der Waals surface area contributed by atoms with Crippen LogP contribution in [0.3, 0.4) is 0 Å². The van der Waals surface area contributed by atoms with E-state index in [1.165, 1.54) is 0 Å². The Morgan fingerprint density at radius 1 is 1.30 bits per heavy atom. The van der Waals surface area contributed by atoms with Crippen molar-refractivity contribution in [3.63, 3.8) is 0 Å². The topological polar surface area (TPSA) is 78.5 Å². The zero-order valence-electron chi connectivity index (χ0n) is 12.7. The summed E-state index contributed by atoms with van der Waals surface area (Å²) in [5, 5.41) is 6.02. The van der Waals surface area contributed by atoms with Gasteiger partial charge in [0.2, 0.25) is 15.9 Å². The molecule has 0 saturated carbocycles. The highest BCUT2D eigenvalue weighted by atomic mass is 32.2. The standard InChI is InChI=1S/C13H27N3O3S/c1-4-9-20(18,19)16-7-5-12(6-8-16)15-13(17)10-14-11(2)3/h11-12,14H,4-10H2,1-3H3,(H,15,17). The van der Waals surface area contributed by atoms with Gasteiger partial charge in [-0.3, -0.25) is 4.79 Å². The van der Waals surface area contributed by atoms with Crippen molar-refractivity contribution in [2.24, 2.45) is 0 Å². The smallest absolute Gasteiger partial charge is 0.234 e. The summed E-state index contributed by atoms with van der Waals surface area (Å²) < 4.78 is 25.4. The predicted octanol–water partition coefficient (Wildman–Crippen LogP) is 0.305. The van der Waals surface area contributed by atoms with E-state index in [2.05, 4.69) is 10.6 Å². The molecule has 1 fully saturated rings. The molecule has 118 valence electrons. The van der Waals surface area contributed by atoms with E-state index < -0.39 is 10.0 Å². The summed E-state index contributed by atoms with van der Waals surface area (Å²) in [6, 6.07) is 0.367. The Balaban J connectivity index is 2.34. The molecule has 1 aliphatic heterocycles. The number of nitrogens with one attached hydrogen (secondary N) is 2. The van der Waals surface area contributed by atoms with Gasteiger partial charge in [-0.1, -0.05) is 20.8 Å². The van der Waals surface area contributed by atoms with Crippen LogP contribution in [0.15, 0.2) is 0 Å². The molecular formula is C13H27N3O3S. The molecule has 1 saturated heterocycles. The Bertz CT molecular complexity index is 401. The van der Waals surface area contributed by atoms with Crippen LogP contribution in [0.1, 0.15) is 40.0 Å². The van der Waals surface area contributed by atoms with Crippen molar-refractivity contribution in [1.29, 1.82) is 0 Å². The summed E-state index contributed by atoms with van der Waals surface area (Å²) >= 11 is 0. The minimum absolute atomic E-state index is 0.0198. The van der Waals surface area contributed by atoms with E-state index >= 15 is 0 Å². The van der Waals surface area contributed by atoms with E-state index in [0.717, 1.165) is 0 Å². The number of hydrogen-bond donors (Lipinski definition) is 2. The fraction of sp³-hybridized carbons (Fsp3) is 0.923. The molecule has 0 atom stereocenters. The van der Waals surface area contributed by atoms with Gasteiger partial charge in [-0.05, 0) is 19.3 Å². The number of amides is 1.